The van der Waals surface area contributed by atoms with Gasteiger partial charge in [0.05, 0.1) is 36.4 Å². The predicted molar refractivity (Wildman–Crippen MR) is 340 cm³/mol. The molecule has 482 valence electrons. The summed E-state index contributed by atoms with van der Waals surface area (Å²) in [6, 6.07) is 12.0. The van der Waals surface area contributed by atoms with Crippen molar-refractivity contribution in [2.45, 2.75) is 228 Å². The highest BCUT2D eigenvalue weighted by Crippen LogP contribution is 2.37. The van der Waals surface area contributed by atoms with Crippen molar-refractivity contribution in [3.05, 3.63) is 91.2 Å². The number of amides is 6. The third-order valence-corrected chi connectivity index (χ3v) is 20.0. The summed E-state index contributed by atoms with van der Waals surface area (Å²) >= 11 is 0. The molecule has 0 spiro atoms. The van der Waals surface area contributed by atoms with Gasteiger partial charge in [-0.25, -0.2) is 0 Å². The number of hydrogen-bond acceptors (Lipinski definition) is 14. The van der Waals surface area contributed by atoms with Gasteiger partial charge in [-0.05, 0) is 139 Å². The van der Waals surface area contributed by atoms with Crippen LogP contribution in [-0.4, -0.2) is 147 Å². The lowest BCUT2D eigenvalue weighted by atomic mass is 9.83. The lowest BCUT2D eigenvalue weighted by Crippen LogP contribution is -2.58. The van der Waals surface area contributed by atoms with Crippen LogP contribution in [0.5, 0.6) is 0 Å². The van der Waals surface area contributed by atoms with E-state index in [9.17, 15) is 38.4 Å². The van der Waals surface area contributed by atoms with Gasteiger partial charge in [0.15, 0.2) is 0 Å². The van der Waals surface area contributed by atoms with Gasteiger partial charge in [-0.2, -0.15) is 0 Å². The fraction of sp³-hybridized carbons (Fsp3) is 0.676. The molecule has 20 nitrogen and oxygen atoms in total. The fourth-order valence-corrected chi connectivity index (χ4v) is 14.5. The van der Waals surface area contributed by atoms with Crippen molar-refractivity contribution < 1.29 is 38.2 Å². The number of ether oxygens (including phenoxy) is 2. The van der Waals surface area contributed by atoms with Crippen LogP contribution in [0, 0.1) is 11.8 Å². The Morgan fingerprint density at radius 2 is 0.886 bits per heavy atom. The quantitative estimate of drug-likeness (QED) is 0.0258. The van der Waals surface area contributed by atoms with Crippen molar-refractivity contribution in [3.63, 3.8) is 0 Å². The van der Waals surface area contributed by atoms with Crippen LogP contribution in [0.15, 0.2) is 58.1 Å². The van der Waals surface area contributed by atoms with Crippen LogP contribution in [-0.2, 0) is 51.1 Å². The van der Waals surface area contributed by atoms with E-state index in [0.717, 1.165) is 138 Å². The molecule has 3 aromatic rings. The molecule has 8 N–H and O–H groups in total. The molecule has 0 aromatic heterocycles. The summed E-state index contributed by atoms with van der Waals surface area (Å²) in [5.41, 5.74) is 4.06. The van der Waals surface area contributed by atoms with Gasteiger partial charge in [-0.3, -0.25) is 38.4 Å². The van der Waals surface area contributed by atoms with E-state index in [1.165, 1.54) is 0 Å². The van der Waals surface area contributed by atoms with Gasteiger partial charge in [0.25, 0.3) is 10.9 Å². The van der Waals surface area contributed by atoms with Gasteiger partial charge < -0.3 is 61.8 Å². The molecule has 4 fully saturated rings. The van der Waals surface area contributed by atoms with Crippen molar-refractivity contribution in [1.82, 2.24) is 41.7 Å². The van der Waals surface area contributed by atoms with Crippen LogP contribution in [0.1, 0.15) is 189 Å². The number of hydrogen-bond donors (Lipinski definition) is 8. The molecule has 6 amide bonds. The number of rotatable bonds is 32. The van der Waals surface area contributed by atoms with Gasteiger partial charge in [0.1, 0.15) is 35.5 Å². The Kier molecular flexibility index (Phi) is 24.5. The minimum absolute atomic E-state index is 0.0380. The number of carbonyl (C=O) groups is 6. The molecule has 6 aliphatic rings. The normalized spacial score (nSPS) is 23.4. The van der Waals surface area contributed by atoms with Gasteiger partial charge in [0.2, 0.25) is 35.4 Å². The van der Waals surface area contributed by atoms with Gasteiger partial charge in [-0.1, -0.05) is 113 Å². The zero-order valence-electron chi connectivity index (χ0n) is 52.7. The zero-order chi connectivity index (χ0) is 62.1. The van der Waals surface area contributed by atoms with Crippen molar-refractivity contribution in [2.75, 3.05) is 64.1 Å². The molecule has 20 heteroatoms. The van der Waals surface area contributed by atoms with Crippen molar-refractivity contribution in [1.29, 1.82) is 0 Å². The number of likely N-dealkylation sites (tertiary alicyclic amines) is 2. The molecule has 0 bridgehead atoms. The number of fused-ring (bicyclic) bond motifs is 2. The van der Waals surface area contributed by atoms with Crippen molar-refractivity contribution in [2.24, 2.45) is 11.8 Å². The molecule has 2 saturated heterocycles. The topological polar surface area (TPSA) is 258 Å². The van der Waals surface area contributed by atoms with E-state index in [1.807, 2.05) is 36.4 Å². The Labute approximate surface area is 520 Å². The number of nitrogens with one attached hydrogen (secondary N) is 8. The molecule has 2 aliphatic heterocycles. The summed E-state index contributed by atoms with van der Waals surface area (Å²) in [6.07, 6.45) is 20.0. The van der Waals surface area contributed by atoms with Crippen LogP contribution in [0.2, 0.25) is 0 Å². The fourth-order valence-electron chi connectivity index (χ4n) is 14.5. The van der Waals surface area contributed by atoms with E-state index >= 15 is 0 Å². The maximum absolute atomic E-state index is 14.3. The third kappa shape index (κ3) is 16.4. The molecular formula is C68H100N10O10. The lowest BCUT2D eigenvalue weighted by molar-refractivity contribution is -0.143. The average molecular weight is 1220 g/mol. The minimum Gasteiger partial charge on any atom is -0.380 e. The summed E-state index contributed by atoms with van der Waals surface area (Å²) in [5.74, 6) is -1.06. The highest BCUT2D eigenvalue weighted by Gasteiger charge is 2.45. The first-order valence-electron chi connectivity index (χ1n) is 33.6. The second kappa shape index (κ2) is 32.5. The number of carbonyl (C=O) groups excluding carboxylic acids is 6. The Morgan fingerprint density at radius 3 is 1.28 bits per heavy atom. The molecule has 9 rings (SSSR count). The summed E-state index contributed by atoms with van der Waals surface area (Å²) in [4.78, 5) is 112. The van der Waals surface area contributed by atoms with Crippen LogP contribution in [0.25, 0.3) is 0 Å². The minimum atomic E-state index is -0.664. The monoisotopic (exact) mass is 1220 g/mol. The number of nitrogens with zero attached hydrogens (tertiary/aromatic N) is 2. The summed E-state index contributed by atoms with van der Waals surface area (Å²) in [5, 5.41) is 25.1. The van der Waals surface area contributed by atoms with Gasteiger partial charge in [-0.15, -0.1) is 0 Å². The molecular weight excluding hydrogens is 1120 g/mol. The second-order valence-corrected chi connectivity index (χ2v) is 25.9. The maximum Gasteiger partial charge on any atom is 0.253 e. The third-order valence-electron chi connectivity index (χ3n) is 20.0. The Bertz CT molecular complexity index is 2710. The van der Waals surface area contributed by atoms with E-state index in [4.69, 9.17) is 9.47 Å². The van der Waals surface area contributed by atoms with Crippen LogP contribution in [0.3, 0.4) is 0 Å². The number of unbranched alkanes of at least 4 members (excludes halogenated alkanes) is 6. The molecule has 2 saturated carbocycles. The predicted octanol–water partition coefficient (Wildman–Crippen LogP) is 6.15. The Balaban J connectivity index is 0.662. The maximum atomic E-state index is 14.3. The number of likely N-dealkylation sites (N-methyl/N-ethyl adjacent to an activating group) is 2. The highest BCUT2D eigenvalue weighted by molar-refractivity contribution is 5.95. The highest BCUT2D eigenvalue weighted by atomic mass is 16.5. The first-order chi connectivity index (χ1) is 42.8. The van der Waals surface area contributed by atoms with E-state index in [2.05, 4.69) is 54.7 Å². The van der Waals surface area contributed by atoms with Crippen molar-refractivity contribution >= 4 is 46.8 Å². The molecule has 3 aromatic carbocycles. The summed E-state index contributed by atoms with van der Waals surface area (Å²) < 4.78 is 13.0. The first kappa shape index (κ1) is 66.2. The standard InChI is InChI=1S/C68H100N10O10/c1-43(69-3)63(81)73-55(45-25-11-9-12-26-45)67(85)77-37-23-33-51(77)65(83)75-57-49-31-17-15-29-47(49)41-53(57)87-39-21-7-5-19-35-71-59-60(62(80)61(59)79)72-36-20-6-8-22-40-88-54-42-48-30-16-18-32-50(48)58(54)76-66(84)52-34-24-38-78(52)68(86)56(46-27-13-10-14-28-46)74-64(82)44(2)70-4/h15-18,29-32,43-46,51-58,69-72H,5-14,19-28,33-42H2,1-4H3,(H,73,81)(H,74,82)(H,75,83)(H,76,84)/t43-,44-,51-,52-,53+,54+,55-,56?,57-,58-/m0/s1. The summed E-state index contributed by atoms with van der Waals surface area (Å²) in [6.45, 7) is 6.66. The van der Waals surface area contributed by atoms with Crippen LogP contribution >= 0.6 is 0 Å². The lowest BCUT2D eigenvalue weighted by Gasteiger charge is -2.35. The molecule has 1 unspecified atom stereocenters. The molecule has 0 radical (unpaired) electrons. The second-order valence-electron chi connectivity index (χ2n) is 25.9. The largest absolute Gasteiger partial charge is 0.380 e. The SMILES string of the molecule is CN[C@@H](C)C(=O)NC(C(=O)N1CCC[C@H]1C(=O)N[C@H]1c2ccccc2C[C@H]1OCCCCCCNc1c(NCCCCCCO[C@@H]2Cc3ccccc3[C@@H]2NC(=O)[C@@H]2CCCN2C(=O)[C@@H](NC(=O)[C@H](C)NC)C2CCCCC2)c(=O)c1=O)C1CCCCC1. The smallest absolute Gasteiger partial charge is 0.253 e. The number of anilines is 2. The van der Waals surface area contributed by atoms with Crippen molar-refractivity contribution in [3.8, 4) is 0 Å². The Morgan fingerprint density at radius 1 is 0.500 bits per heavy atom. The number of benzene rings is 2. The van der Waals surface area contributed by atoms with E-state index in [0.29, 0.717) is 89.3 Å². The Hall–Kier alpha value is -6.22. The van der Waals surface area contributed by atoms with E-state index in [-0.39, 0.29) is 71.6 Å². The zero-order valence-corrected chi connectivity index (χ0v) is 52.7. The first-order valence-corrected chi connectivity index (χ1v) is 33.6. The van der Waals surface area contributed by atoms with E-state index in [1.54, 1.807) is 37.7 Å². The van der Waals surface area contributed by atoms with Gasteiger partial charge >= 0.3 is 0 Å². The van der Waals surface area contributed by atoms with E-state index < -0.39 is 47.1 Å². The molecule has 4 aliphatic carbocycles. The molecule has 2 heterocycles. The average Bonchev–Trinajstić information content (AvgIpc) is 2.24. The van der Waals surface area contributed by atoms with Gasteiger partial charge in [0, 0.05) is 52.2 Å². The molecule has 10 atom stereocenters. The van der Waals surface area contributed by atoms with Crippen LogP contribution in [0.4, 0.5) is 11.4 Å². The van der Waals surface area contributed by atoms with Crippen LogP contribution < -0.4 is 53.4 Å². The summed E-state index contributed by atoms with van der Waals surface area (Å²) in [7, 11) is 3.45. The molecule has 88 heavy (non-hydrogen) atoms.